The first-order chi connectivity index (χ1) is 11.5. The van der Waals surface area contributed by atoms with Crippen molar-refractivity contribution >= 4 is 5.97 Å². The molecule has 0 saturated carbocycles. The first kappa shape index (κ1) is 18.5. The molecule has 0 aromatic heterocycles. The number of nitrogens with zero attached hydrogens (tertiary/aromatic N) is 1. The van der Waals surface area contributed by atoms with Gasteiger partial charge in [-0.05, 0) is 50.4 Å². The topological polar surface area (TPSA) is 68.2 Å². The molecule has 6 nitrogen and oxygen atoms in total. The summed E-state index contributed by atoms with van der Waals surface area (Å²) in [5, 5.41) is 9.86. The van der Waals surface area contributed by atoms with Crippen LogP contribution in [0.2, 0.25) is 0 Å². The number of carboxylic acids is 1. The Labute approximate surface area is 143 Å². The Bertz CT molecular complexity index is 544. The van der Waals surface area contributed by atoms with E-state index in [1.165, 1.54) is 0 Å². The Morgan fingerprint density at radius 1 is 1.29 bits per heavy atom. The molecule has 0 aliphatic carbocycles. The predicted octanol–water partition coefficient (Wildman–Crippen LogP) is 2.50. The lowest BCUT2D eigenvalue weighted by Gasteiger charge is -2.32. The van der Waals surface area contributed by atoms with Gasteiger partial charge in [0.05, 0.1) is 19.8 Å². The highest BCUT2D eigenvalue weighted by Crippen LogP contribution is 2.38. The summed E-state index contributed by atoms with van der Waals surface area (Å²) in [4.78, 5) is 13.9. The number of hydrogen-bond donors (Lipinski definition) is 1. The largest absolute Gasteiger partial charge is 0.496 e. The van der Waals surface area contributed by atoms with E-state index in [1.807, 2.05) is 31.0 Å². The molecule has 0 amide bonds. The van der Waals surface area contributed by atoms with Crippen molar-refractivity contribution in [2.24, 2.45) is 5.92 Å². The fourth-order valence-electron chi connectivity index (χ4n) is 3.31. The molecular weight excluding hydrogens is 310 g/mol. The highest BCUT2D eigenvalue weighted by atomic mass is 16.5. The highest BCUT2D eigenvalue weighted by molar-refractivity contribution is 5.78. The number of ether oxygens (including phenoxy) is 3. The van der Waals surface area contributed by atoms with E-state index in [2.05, 4.69) is 0 Å². The molecule has 2 rings (SSSR count). The zero-order valence-electron chi connectivity index (χ0n) is 14.9. The second-order valence-electron chi connectivity index (χ2n) is 6.32. The molecule has 0 bridgehead atoms. The van der Waals surface area contributed by atoms with Crippen LogP contribution in [0, 0.1) is 12.8 Å². The summed E-state index contributed by atoms with van der Waals surface area (Å²) in [6, 6.07) is 2.87. The first-order valence-electron chi connectivity index (χ1n) is 8.21. The van der Waals surface area contributed by atoms with Crippen LogP contribution in [0.5, 0.6) is 11.5 Å². The summed E-state index contributed by atoms with van der Waals surface area (Å²) in [6.07, 6.45) is 1.91. The van der Waals surface area contributed by atoms with Crippen LogP contribution in [0.1, 0.15) is 30.0 Å². The molecule has 1 N–H and O–H groups in total. The smallest absolute Gasteiger partial charge is 0.325 e. The molecule has 24 heavy (non-hydrogen) atoms. The molecule has 0 spiro atoms. The van der Waals surface area contributed by atoms with Crippen molar-refractivity contribution in [1.29, 1.82) is 0 Å². The van der Waals surface area contributed by atoms with E-state index in [4.69, 9.17) is 14.2 Å². The molecule has 1 fully saturated rings. The number of benzene rings is 1. The lowest BCUT2D eigenvalue weighted by atomic mass is 9.96. The van der Waals surface area contributed by atoms with Gasteiger partial charge in [-0.3, -0.25) is 9.69 Å². The van der Waals surface area contributed by atoms with Gasteiger partial charge >= 0.3 is 5.97 Å². The Morgan fingerprint density at radius 3 is 2.29 bits per heavy atom. The minimum atomic E-state index is -0.912. The van der Waals surface area contributed by atoms with Gasteiger partial charge in [-0.15, -0.1) is 0 Å². The van der Waals surface area contributed by atoms with E-state index >= 15 is 0 Å². The van der Waals surface area contributed by atoms with E-state index in [1.54, 1.807) is 14.2 Å². The highest BCUT2D eigenvalue weighted by Gasteiger charge is 2.32. The molecule has 134 valence electrons. The van der Waals surface area contributed by atoms with Crippen LogP contribution in [0.4, 0.5) is 0 Å². The number of rotatable bonds is 7. The minimum Gasteiger partial charge on any atom is -0.496 e. The van der Waals surface area contributed by atoms with Crippen molar-refractivity contribution in [3.63, 3.8) is 0 Å². The monoisotopic (exact) mass is 337 g/mol. The second-order valence-corrected chi connectivity index (χ2v) is 6.32. The van der Waals surface area contributed by atoms with Gasteiger partial charge in [-0.2, -0.15) is 0 Å². The lowest BCUT2D eigenvalue weighted by Crippen LogP contribution is -2.36. The van der Waals surface area contributed by atoms with Crippen LogP contribution in [0.25, 0.3) is 0 Å². The number of methoxy groups -OCH3 is 2. The van der Waals surface area contributed by atoms with Gasteiger partial charge in [-0.25, -0.2) is 0 Å². The van der Waals surface area contributed by atoms with E-state index in [0.717, 1.165) is 31.6 Å². The van der Waals surface area contributed by atoms with Crippen LogP contribution in [-0.4, -0.2) is 57.0 Å². The number of aryl methyl sites for hydroxylation is 1. The molecule has 1 aromatic rings. The Hall–Kier alpha value is -1.79. The summed E-state index contributed by atoms with van der Waals surface area (Å²) >= 11 is 0. The minimum absolute atomic E-state index is 0.438. The summed E-state index contributed by atoms with van der Waals surface area (Å²) in [7, 11) is 4.94. The number of carboxylic acid groups (broad SMARTS) is 1. The van der Waals surface area contributed by atoms with Crippen molar-refractivity contribution in [2.75, 3.05) is 41.0 Å². The number of aliphatic carboxylic acids is 1. The molecule has 0 unspecified atom stereocenters. The van der Waals surface area contributed by atoms with Crippen LogP contribution in [-0.2, 0) is 9.53 Å². The summed E-state index contributed by atoms with van der Waals surface area (Å²) in [6.45, 7) is 4.11. The summed E-state index contributed by atoms with van der Waals surface area (Å²) in [5.74, 6) is 0.606. The molecule has 6 heteroatoms. The quantitative estimate of drug-likeness (QED) is 0.824. The van der Waals surface area contributed by atoms with Crippen molar-refractivity contribution in [1.82, 2.24) is 4.90 Å². The second kappa shape index (κ2) is 8.35. The van der Waals surface area contributed by atoms with Crippen LogP contribution < -0.4 is 9.47 Å². The average Bonchev–Trinajstić information content (AvgIpc) is 2.56. The van der Waals surface area contributed by atoms with Crippen molar-refractivity contribution < 1.29 is 24.1 Å². The maximum atomic E-state index is 12.0. The lowest BCUT2D eigenvalue weighted by molar-refractivity contribution is -0.143. The van der Waals surface area contributed by atoms with Crippen LogP contribution in [0.3, 0.4) is 0 Å². The van der Waals surface area contributed by atoms with Crippen molar-refractivity contribution in [2.45, 2.75) is 25.8 Å². The number of carbonyl (C=O) groups is 1. The van der Waals surface area contributed by atoms with Gasteiger partial charge in [0.25, 0.3) is 0 Å². The van der Waals surface area contributed by atoms with Crippen molar-refractivity contribution in [3.8, 4) is 11.5 Å². The molecule has 1 saturated heterocycles. The van der Waals surface area contributed by atoms with E-state index in [-0.39, 0.29) is 0 Å². The maximum absolute atomic E-state index is 12.0. The van der Waals surface area contributed by atoms with E-state index < -0.39 is 12.0 Å². The number of hydrogen-bond acceptors (Lipinski definition) is 5. The third-order valence-corrected chi connectivity index (χ3v) is 4.52. The van der Waals surface area contributed by atoms with E-state index in [9.17, 15) is 9.90 Å². The van der Waals surface area contributed by atoms with Gasteiger partial charge in [0, 0.05) is 19.8 Å². The van der Waals surface area contributed by atoms with Crippen molar-refractivity contribution in [3.05, 3.63) is 23.3 Å². The molecule has 1 aliphatic heterocycles. The molecule has 1 aromatic carbocycles. The zero-order valence-corrected chi connectivity index (χ0v) is 14.9. The Morgan fingerprint density at radius 2 is 1.83 bits per heavy atom. The fraction of sp³-hybridized carbons (Fsp3) is 0.611. The molecular formula is C18H27NO5. The molecule has 0 radical (unpaired) electrons. The Balaban J connectivity index is 2.34. The zero-order chi connectivity index (χ0) is 17.7. The third kappa shape index (κ3) is 4.19. The molecule has 1 aliphatic rings. The summed E-state index contributed by atoms with van der Waals surface area (Å²) < 4.78 is 16.3. The standard InChI is InChI=1S/C18H27NO5/c1-12-9-14(22-3)16(15(10-12)23-4)17(18(20)21)19(2)11-13-5-7-24-8-6-13/h9-10,13,17H,5-8,11H2,1-4H3,(H,20,21)/t17-/m0/s1. The molecule has 1 heterocycles. The van der Waals surface area contributed by atoms with Gasteiger partial charge < -0.3 is 19.3 Å². The Kier molecular flexibility index (Phi) is 6.45. The predicted molar refractivity (Wildman–Crippen MR) is 90.8 cm³/mol. The fourth-order valence-corrected chi connectivity index (χ4v) is 3.31. The molecule has 1 atom stereocenters. The first-order valence-corrected chi connectivity index (χ1v) is 8.21. The average molecular weight is 337 g/mol. The van der Waals surface area contributed by atoms with Gasteiger partial charge in [0.1, 0.15) is 17.5 Å². The van der Waals surface area contributed by atoms with E-state index in [0.29, 0.717) is 29.5 Å². The number of likely N-dealkylation sites (N-methyl/N-ethyl adjacent to an activating group) is 1. The van der Waals surface area contributed by atoms with Gasteiger partial charge in [0.2, 0.25) is 0 Å². The summed E-state index contributed by atoms with van der Waals surface area (Å²) in [5.41, 5.74) is 1.52. The third-order valence-electron chi connectivity index (χ3n) is 4.52. The SMILES string of the molecule is COc1cc(C)cc(OC)c1[C@@H](C(=O)O)N(C)CC1CCOCC1. The van der Waals surface area contributed by atoms with Crippen LogP contribution in [0.15, 0.2) is 12.1 Å². The van der Waals surface area contributed by atoms with Gasteiger partial charge in [-0.1, -0.05) is 0 Å². The van der Waals surface area contributed by atoms with Gasteiger partial charge in [0.15, 0.2) is 0 Å². The normalized spacial score (nSPS) is 16.9. The maximum Gasteiger partial charge on any atom is 0.325 e. The van der Waals surface area contributed by atoms with Crippen LogP contribution >= 0.6 is 0 Å².